The molecule has 0 aromatic rings. The number of carboxylic acids is 1. The summed E-state index contributed by atoms with van der Waals surface area (Å²) in [7, 11) is 0. The first kappa shape index (κ1) is 9.89. The molecule has 0 aromatic carbocycles. The van der Waals surface area contributed by atoms with Gasteiger partial charge in [-0.3, -0.25) is 9.69 Å². The molecule has 2 aliphatic heterocycles. The number of ether oxygens (including phenoxy) is 1. The van der Waals surface area contributed by atoms with Gasteiger partial charge in [0.2, 0.25) is 0 Å². The lowest BCUT2D eigenvalue weighted by Gasteiger charge is -2.51. The maximum Gasteiger partial charge on any atom is 0.305 e. The lowest BCUT2D eigenvalue weighted by atomic mass is 9.86. The van der Waals surface area contributed by atoms with Crippen molar-refractivity contribution in [3.63, 3.8) is 0 Å². The van der Waals surface area contributed by atoms with Crippen LogP contribution in [-0.4, -0.2) is 60.9 Å². The Morgan fingerprint density at radius 1 is 1.43 bits per heavy atom. The Morgan fingerprint density at radius 2 is 2.07 bits per heavy atom. The molecular formula is C9H16N2O3. The molecule has 2 aliphatic rings. The molecule has 0 unspecified atom stereocenters. The quantitative estimate of drug-likeness (QED) is 0.620. The molecule has 2 saturated heterocycles. The number of aliphatic carboxylic acids is 1. The Balaban J connectivity index is 1.99. The zero-order valence-electron chi connectivity index (χ0n) is 8.16. The largest absolute Gasteiger partial charge is 0.481 e. The molecule has 0 spiro atoms. The highest BCUT2D eigenvalue weighted by Crippen LogP contribution is 2.25. The maximum atomic E-state index is 10.8. The van der Waals surface area contributed by atoms with Gasteiger partial charge in [0.05, 0.1) is 25.2 Å². The molecule has 2 rings (SSSR count). The molecule has 0 aliphatic carbocycles. The van der Waals surface area contributed by atoms with Crippen LogP contribution in [0.15, 0.2) is 0 Å². The summed E-state index contributed by atoms with van der Waals surface area (Å²) >= 11 is 0. The molecule has 2 fully saturated rings. The molecule has 80 valence electrons. The van der Waals surface area contributed by atoms with Crippen LogP contribution in [0.5, 0.6) is 0 Å². The molecule has 0 aromatic heterocycles. The molecule has 0 saturated carbocycles. The van der Waals surface area contributed by atoms with Gasteiger partial charge in [-0.2, -0.15) is 0 Å². The lowest BCUT2D eigenvalue weighted by molar-refractivity contribution is -0.143. The molecule has 0 amide bonds. The van der Waals surface area contributed by atoms with Crippen LogP contribution in [0.1, 0.15) is 6.42 Å². The lowest BCUT2D eigenvalue weighted by Crippen LogP contribution is -2.71. The number of hydrogen-bond acceptors (Lipinski definition) is 4. The van der Waals surface area contributed by atoms with Gasteiger partial charge in [-0.15, -0.1) is 0 Å². The minimum Gasteiger partial charge on any atom is -0.481 e. The van der Waals surface area contributed by atoms with Gasteiger partial charge in [-0.1, -0.05) is 0 Å². The number of morpholine rings is 1. The normalized spacial score (nSPS) is 26.9. The van der Waals surface area contributed by atoms with Crippen LogP contribution in [0.4, 0.5) is 0 Å². The van der Waals surface area contributed by atoms with Crippen LogP contribution in [0.2, 0.25) is 0 Å². The predicted octanol–water partition coefficient (Wildman–Crippen LogP) is -0.865. The second-order valence-corrected chi connectivity index (χ2v) is 4.00. The summed E-state index contributed by atoms with van der Waals surface area (Å²) < 4.78 is 5.26. The highest BCUT2D eigenvalue weighted by Gasteiger charge is 2.44. The Hall–Kier alpha value is -0.650. The van der Waals surface area contributed by atoms with E-state index in [0.717, 1.165) is 39.4 Å². The Kier molecular flexibility index (Phi) is 2.71. The fourth-order valence-electron chi connectivity index (χ4n) is 2.19. The Morgan fingerprint density at radius 3 is 2.50 bits per heavy atom. The third-order valence-electron chi connectivity index (χ3n) is 3.07. The molecule has 2 N–H and O–H groups in total. The SMILES string of the molecule is O=C(O)CC1(N2CCOCC2)CNC1. The summed E-state index contributed by atoms with van der Waals surface area (Å²) in [6, 6.07) is 0. The van der Waals surface area contributed by atoms with Gasteiger partial charge in [0.25, 0.3) is 0 Å². The monoisotopic (exact) mass is 200 g/mol. The summed E-state index contributed by atoms with van der Waals surface area (Å²) in [5.41, 5.74) is -0.143. The van der Waals surface area contributed by atoms with Crippen molar-refractivity contribution < 1.29 is 14.6 Å². The first-order valence-corrected chi connectivity index (χ1v) is 4.98. The number of nitrogens with one attached hydrogen (secondary N) is 1. The van der Waals surface area contributed by atoms with E-state index in [1.54, 1.807) is 0 Å². The molecule has 2 heterocycles. The summed E-state index contributed by atoms with van der Waals surface area (Å²) in [4.78, 5) is 13.0. The fourth-order valence-corrected chi connectivity index (χ4v) is 2.19. The van der Waals surface area contributed by atoms with Gasteiger partial charge in [-0.05, 0) is 0 Å². The molecule has 0 bridgehead atoms. The highest BCUT2D eigenvalue weighted by atomic mass is 16.5. The van der Waals surface area contributed by atoms with Gasteiger partial charge >= 0.3 is 5.97 Å². The van der Waals surface area contributed by atoms with Crippen LogP contribution in [0.3, 0.4) is 0 Å². The van der Waals surface area contributed by atoms with Crippen molar-refractivity contribution in [1.29, 1.82) is 0 Å². The third kappa shape index (κ3) is 1.75. The Bertz CT molecular complexity index is 222. The second kappa shape index (κ2) is 3.84. The van der Waals surface area contributed by atoms with Gasteiger partial charge in [0.15, 0.2) is 0 Å². The minimum atomic E-state index is -0.710. The average molecular weight is 200 g/mol. The fraction of sp³-hybridized carbons (Fsp3) is 0.889. The van der Waals surface area contributed by atoms with E-state index in [4.69, 9.17) is 9.84 Å². The van der Waals surface area contributed by atoms with Gasteiger partial charge in [0.1, 0.15) is 0 Å². The van der Waals surface area contributed by atoms with E-state index in [1.165, 1.54) is 0 Å². The van der Waals surface area contributed by atoms with Crippen molar-refractivity contribution in [2.75, 3.05) is 39.4 Å². The highest BCUT2D eigenvalue weighted by molar-refractivity contribution is 5.68. The molecule has 14 heavy (non-hydrogen) atoms. The van der Waals surface area contributed by atoms with Crippen LogP contribution in [-0.2, 0) is 9.53 Å². The molecule has 5 heteroatoms. The molecule has 0 atom stereocenters. The Labute approximate surface area is 83.0 Å². The van der Waals surface area contributed by atoms with Gasteiger partial charge < -0.3 is 15.2 Å². The number of carboxylic acid groups (broad SMARTS) is 1. The predicted molar refractivity (Wildman–Crippen MR) is 50.2 cm³/mol. The number of nitrogens with zero attached hydrogens (tertiary/aromatic N) is 1. The van der Waals surface area contributed by atoms with E-state index in [-0.39, 0.29) is 12.0 Å². The summed E-state index contributed by atoms with van der Waals surface area (Å²) in [6.07, 6.45) is 0.236. The van der Waals surface area contributed by atoms with Crippen LogP contribution >= 0.6 is 0 Å². The molecular weight excluding hydrogens is 184 g/mol. The molecule has 0 radical (unpaired) electrons. The van der Waals surface area contributed by atoms with E-state index in [9.17, 15) is 4.79 Å². The van der Waals surface area contributed by atoms with Gasteiger partial charge in [0, 0.05) is 26.2 Å². The van der Waals surface area contributed by atoms with Gasteiger partial charge in [-0.25, -0.2) is 0 Å². The van der Waals surface area contributed by atoms with E-state index >= 15 is 0 Å². The van der Waals surface area contributed by atoms with Crippen molar-refractivity contribution in [3.05, 3.63) is 0 Å². The summed E-state index contributed by atoms with van der Waals surface area (Å²) in [5, 5.41) is 12.0. The minimum absolute atomic E-state index is 0.143. The first-order valence-electron chi connectivity index (χ1n) is 4.98. The van der Waals surface area contributed by atoms with Crippen molar-refractivity contribution in [2.45, 2.75) is 12.0 Å². The summed E-state index contributed by atoms with van der Waals surface area (Å²) in [5.74, 6) is -0.710. The van der Waals surface area contributed by atoms with E-state index < -0.39 is 5.97 Å². The zero-order chi connectivity index (χ0) is 10.0. The summed E-state index contributed by atoms with van der Waals surface area (Å²) in [6.45, 7) is 4.74. The van der Waals surface area contributed by atoms with Crippen LogP contribution < -0.4 is 5.32 Å². The number of rotatable bonds is 3. The van der Waals surface area contributed by atoms with Crippen molar-refractivity contribution in [1.82, 2.24) is 10.2 Å². The van der Waals surface area contributed by atoms with Crippen molar-refractivity contribution in [3.8, 4) is 0 Å². The average Bonchev–Trinajstić information content (AvgIpc) is 2.12. The smallest absolute Gasteiger partial charge is 0.305 e. The first-order chi connectivity index (χ1) is 6.73. The number of hydrogen-bond donors (Lipinski definition) is 2. The van der Waals surface area contributed by atoms with Crippen molar-refractivity contribution in [2.24, 2.45) is 0 Å². The van der Waals surface area contributed by atoms with Crippen LogP contribution in [0.25, 0.3) is 0 Å². The van der Waals surface area contributed by atoms with E-state index in [1.807, 2.05) is 0 Å². The third-order valence-corrected chi connectivity index (χ3v) is 3.07. The second-order valence-electron chi connectivity index (χ2n) is 4.00. The molecule has 5 nitrogen and oxygen atoms in total. The van der Waals surface area contributed by atoms with E-state index in [2.05, 4.69) is 10.2 Å². The topological polar surface area (TPSA) is 61.8 Å². The number of carbonyl (C=O) groups is 1. The van der Waals surface area contributed by atoms with Crippen molar-refractivity contribution >= 4 is 5.97 Å². The standard InChI is InChI=1S/C9H16N2O3/c12-8(13)5-9(6-10-7-9)11-1-3-14-4-2-11/h10H,1-7H2,(H,12,13). The zero-order valence-corrected chi connectivity index (χ0v) is 8.16. The van der Waals surface area contributed by atoms with Crippen LogP contribution in [0, 0.1) is 0 Å². The maximum absolute atomic E-state index is 10.8. The van der Waals surface area contributed by atoms with E-state index in [0.29, 0.717) is 0 Å².